The van der Waals surface area contributed by atoms with Crippen LogP contribution in [0.2, 0.25) is 0 Å². The van der Waals surface area contributed by atoms with Crippen molar-refractivity contribution in [1.82, 2.24) is 4.90 Å². The van der Waals surface area contributed by atoms with Crippen molar-refractivity contribution in [3.05, 3.63) is 137 Å². The van der Waals surface area contributed by atoms with Crippen molar-refractivity contribution in [1.29, 1.82) is 0 Å². The van der Waals surface area contributed by atoms with E-state index in [2.05, 4.69) is 0 Å². The molecule has 4 aromatic rings. The molecule has 1 aliphatic rings. The fourth-order valence-corrected chi connectivity index (χ4v) is 6.01. The summed E-state index contributed by atoms with van der Waals surface area (Å²) in [5, 5.41) is 0. The second kappa shape index (κ2) is 13.9. The van der Waals surface area contributed by atoms with Crippen molar-refractivity contribution >= 4 is 17.4 Å². The van der Waals surface area contributed by atoms with E-state index in [1.54, 1.807) is 59.5 Å². The van der Waals surface area contributed by atoms with Crippen LogP contribution in [0.25, 0.3) is 0 Å². The van der Waals surface area contributed by atoms with Crippen molar-refractivity contribution in [3.63, 3.8) is 0 Å². The molecule has 4 nitrogen and oxygen atoms in total. The van der Waals surface area contributed by atoms with Gasteiger partial charge >= 0.3 is 12.4 Å². The third kappa shape index (κ3) is 7.85. The predicted octanol–water partition coefficient (Wildman–Crippen LogP) is 8.78. The largest absolute Gasteiger partial charge is 0.416 e. The Hall–Kier alpha value is -4.44. The number of likely N-dealkylation sites (tertiary alicyclic amines) is 1. The molecule has 1 saturated heterocycles. The number of Topliss-reactive ketones (excluding diaryl/α,β-unsaturated/α-hetero) is 1. The highest BCUT2D eigenvalue weighted by Gasteiger charge is 2.38. The lowest BCUT2D eigenvalue weighted by molar-refractivity contribution is -0.143. The molecule has 0 N–H and O–H groups in total. The van der Waals surface area contributed by atoms with E-state index in [9.17, 15) is 35.9 Å². The number of amides is 1. The number of piperidine rings is 1. The molecule has 1 unspecified atom stereocenters. The number of para-hydroxylation sites is 1. The maximum absolute atomic E-state index is 13.8. The van der Waals surface area contributed by atoms with E-state index in [4.69, 9.17) is 0 Å². The number of hydrogen-bond acceptors (Lipinski definition) is 3. The highest BCUT2D eigenvalue weighted by Crippen LogP contribution is 2.37. The molecule has 1 atom stereocenters. The molecule has 0 radical (unpaired) electrons. The summed E-state index contributed by atoms with van der Waals surface area (Å²) in [6, 6.07) is 27.8. The average molecular weight is 639 g/mol. The minimum atomic E-state index is -4.97. The van der Waals surface area contributed by atoms with Crippen molar-refractivity contribution in [2.45, 2.75) is 50.1 Å². The van der Waals surface area contributed by atoms with E-state index < -0.39 is 29.5 Å². The summed E-state index contributed by atoms with van der Waals surface area (Å²) in [5.41, 5.74) is -1.02. The number of ketones is 1. The van der Waals surface area contributed by atoms with Crippen LogP contribution in [0.3, 0.4) is 0 Å². The minimum absolute atomic E-state index is 0.0868. The summed E-state index contributed by atoms with van der Waals surface area (Å²) in [7, 11) is 0. The molecule has 4 aromatic carbocycles. The maximum Gasteiger partial charge on any atom is 0.416 e. The van der Waals surface area contributed by atoms with E-state index in [0.717, 1.165) is 5.69 Å². The van der Waals surface area contributed by atoms with Gasteiger partial charge in [-0.25, -0.2) is 0 Å². The summed E-state index contributed by atoms with van der Waals surface area (Å²) in [5.74, 6) is -0.448. The molecule has 46 heavy (non-hydrogen) atoms. The van der Waals surface area contributed by atoms with E-state index in [0.29, 0.717) is 49.2 Å². The Kier molecular flexibility index (Phi) is 9.96. The van der Waals surface area contributed by atoms with E-state index in [1.807, 2.05) is 41.3 Å². The first-order valence-electron chi connectivity index (χ1n) is 15.0. The van der Waals surface area contributed by atoms with E-state index >= 15 is 0 Å². The van der Waals surface area contributed by atoms with Gasteiger partial charge in [0.2, 0.25) is 0 Å². The Bertz CT molecular complexity index is 1590. The van der Waals surface area contributed by atoms with Crippen LogP contribution in [0.1, 0.15) is 57.9 Å². The Morgan fingerprint density at radius 2 is 1.22 bits per heavy atom. The van der Waals surface area contributed by atoms with Crippen LogP contribution < -0.4 is 4.90 Å². The lowest BCUT2D eigenvalue weighted by Crippen LogP contribution is -2.49. The molecule has 0 aliphatic carbocycles. The molecule has 1 fully saturated rings. The van der Waals surface area contributed by atoms with Gasteiger partial charge < -0.3 is 4.90 Å². The predicted molar refractivity (Wildman–Crippen MR) is 163 cm³/mol. The third-order valence-corrected chi connectivity index (χ3v) is 8.23. The molecule has 5 rings (SSSR count). The number of hydrogen-bond donors (Lipinski definition) is 0. The standard InChI is InChI=1S/C36H32F6N2O2/c37-35(38,39)28-22-25(23-29(24-28)36(40,41)42)16-17-32(45)33(26-10-4-1-5-11-26)43-20-18-31(19-21-43)44(30-14-8-3-9-15-30)34(46)27-12-6-2-7-13-27/h1-15,22-24,31,33H,16-21H2. The molecule has 1 amide bonds. The van der Waals surface area contributed by atoms with Crippen LogP contribution in [0.5, 0.6) is 0 Å². The van der Waals surface area contributed by atoms with Crippen LogP contribution in [-0.4, -0.2) is 35.7 Å². The topological polar surface area (TPSA) is 40.6 Å². The minimum Gasteiger partial charge on any atom is -0.305 e. The monoisotopic (exact) mass is 638 g/mol. The first kappa shape index (κ1) is 32.9. The molecular formula is C36H32F6N2O2. The molecule has 0 aromatic heterocycles. The third-order valence-electron chi connectivity index (χ3n) is 8.23. The number of rotatable bonds is 9. The second-order valence-electron chi connectivity index (χ2n) is 11.3. The molecule has 10 heteroatoms. The van der Waals surface area contributed by atoms with Gasteiger partial charge in [0.05, 0.1) is 17.2 Å². The van der Waals surface area contributed by atoms with E-state index in [-0.39, 0.29) is 42.2 Å². The van der Waals surface area contributed by atoms with Gasteiger partial charge in [0.25, 0.3) is 5.91 Å². The highest BCUT2D eigenvalue weighted by molar-refractivity contribution is 6.06. The fourth-order valence-electron chi connectivity index (χ4n) is 6.01. The Morgan fingerprint density at radius 3 is 1.74 bits per heavy atom. The molecule has 0 saturated carbocycles. The van der Waals surface area contributed by atoms with Crippen molar-refractivity contribution in [2.75, 3.05) is 18.0 Å². The quantitative estimate of drug-likeness (QED) is 0.172. The Morgan fingerprint density at radius 1 is 0.717 bits per heavy atom. The molecule has 0 spiro atoms. The van der Waals surface area contributed by atoms with Gasteiger partial charge in [0.1, 0.15) is 0 Å². The summed E-state index contributed by atoms with van der Waals surface area (Å²) < 4.78 is 80.4. The zero-order valence-electron chi connectivity index (χ0n) is 24.8. The summed E-state index contributed by atoms with van der Waals surface area (Å²) in [4.78, 5) is 31.2. The number of halogens is 6. The van der Waals surface area contributed by atoms with Crippen molar-refractivity contribution < 1.29 is 35.9 Å². The lowest BCUT2D eigenvalue weighted by atomic mass is 9.92. The first-order valence-corrected chi connectivity index (χ1v) is 15.0. The number of anilines is 1. The van der Waals surface area contributed by atoms with Gasteiger partial charge in [0.15, 0.2) is 5.78 Å². The number of aryl methyl sites for hydroxylation is 1. The molecule has 1 aliphatic heterocycles. The fraction of sp³-hybridized carbons (Fsp3) is 0.278. The van der Waals surface area contributed by atoms with Gasteiger partial charge in [-0.15, -0.1) is 0 Å². The smallest absolute Gasteiger partial charge is 0.305 e. The zero-order chi connectivity index (χ0) is 32.9. The zero-order valence-corrected chi connectivity index (χ0v) is 24.8. The summed E-state index contributed by atoms with van der Waals surface area (Å²) in [6.07, 6.45) is -9.36. The SMILES string of the molecule is O=C(CCc1cc(C(F)(F)F)cc(C(F)(F)F)c1)C(c1ccccc1)N1CCC(N(C(=O)c2ccccc2)c2ccccc2)CC1. The average Bonchev–Trinajstić information content (AvgIpc) is 3.05. The van der Waals surface area contributed by atoms with Crippen LogP contribution in [-0.2, 0) is 23.6 Å². The normalized spacial score (nSPS) is 15.3. The van der Waals surface area contributed by atoms with Crippen molar-refractivity contribution in [2.24, 2.45) is 0 Å². The molecule has 0 bridgehead atoms. The van der Waals surface area contributed by atoms with Crippen molar-refractivity contribution in [3.8, 4) is 0 Å². The van der Waals surface area contributed by atoms with Gasteiger partial charge in [-0.2, -0.15) is 26.3 Å². The van der Waals surface area contributed by atoms with Gasteiger partial charge in [-0.05, 0) is 72.9 Å². The first-order chi connectivity index (χ1) is 21.9. The molecule has 240 valence electrons. The Balaban J connectivity index is 1.35. The summed E-state index contributed by atoms with van der Waals surface area (Å²) >= 11 is 0. The maximum atomic E-state index is 13.8. The number of benzene rings is 4. The van der Waals surface area contributed by atoms with Crippen LogP contribution in [0.4, 0.5) is 32.0 Å². The number of carbonyl (C=O) groups excluding carboxylic acids is 2. The van der Waals surface area contributed by atoms with Gasteiger partial charge in [-0.1, -0.05) is 66.7 Å². The van der Waals surface area contributed by atoms with Gasteiger partial charge in [0, 0.05) is 36.8 Å². The number of alkyl halides is 6. The second-order valence-corrected chi connectivity index (χ2v) is 11.3. The van der Waals surface area contributed by atoms with Crippen LogP contribution in [0, 0.1) is 0 Å². The number of nitrogens with zero attached hydrogens (tertiary/aromatic N) is 2. The molecule has 1 heterocycles. The number of carbonyl (C=O) groups is 2. The van der Waals surface area contributed by atoms with Gasteiger partial charge in [-0.3, -0.25) is 14.5 Å². The molecular weight excluding hydrogens is 606 g/mol. The highest BCUT2D eigenvalue weighted by atomic mass is 19.4. The van der Waals surface area contributed by atoms with E-state index in [1.165, 1.54) is 0 Å². The van der Waals surface area contributed by atoms with Crippen LogP contribution >= 0.6 is 0 Å². The van der Waals surface area contributed by atoms with Crippen LogP contribution in [0.15, 0.2) is 109 Å². The lowest BCUT2D eigenvalue weighted by Gasteiger charge is -2.41. The summed E-state index contributed by atoms with van der Waals surface area (Å²) in [6.45, 7) is 0.895. The Labute approximate surface area is 263 Å².